The quantitative estimate of drug-likeness (QED) is 0.391. The summed E-state index contributed by atoms with van der Waals surface area (Å²) >= 11 is 0. The number of rotatable bonds is 4. The maximum atomic E-state index is 11.3. The molecule has 0 amide bonds. The summed E-state index contributed by atoms with van der Waals surface area (Å²) < 4.78 is 4.85. The van der Waals surface area contributed by atoms with Gasteiger partial charge in [-0.1, -0.05) is 0 Å². The predicted molar refractivity (Wildman–Crippen MR) is 58.0 cm³/mol. The van der Waals surface area contributed by atoms with E-state index in [0.717, 1.165) is 5.69 Å². The van der Waals surface area contributed by atoms with Crippen LogP contribution in [0.3, 0.4) is 0 Å². The van der Waals surface area contributed by atoms with Crippen LogP contribution in [0.4, 0.5) is 5.69 Å². The third kappa shape index (κ3) is 4.39. The van der Waals surface area contributed by atoms with Gasteiger partial charge in [0.2, 0.25) is 0 Å². The Labute approximate surface area is 106 Å². The Morgan fingerprint density at radius 3 is 2.56 bits per heavy atom. The summed E-state index contributed by atoms with van der Waals surface area (Å²) in [5.41, 5.74) is 1.38. The number of carbonyl (C=O) groups excluding carboxylic acids is 1. The van der Waals surface area contributed by atoms with Crippen molar-refractivity contribution < 1.29 is 26.6 Å². The molecule has 1 aromatic carbocycles. The van der Waals surface area contributed by atoms with E-state index in [1.54, 1.807) is 31.2 Å². The second-order valence-electron chi connectivity index (χ2n) is 2.83. The zero-order valence-electron chi connectivity index (χ0n) is 8.84. The van der Waals surface area contributed by atoms with Gasteiger partial charge in [-0.3, -0.25) is 0 Å². The Kier molecular flexibility index (Phi) is 7.11. The van der Waals surface area contributed by atoms with E-state index in [4.69, 9.17) is 11.2 Å². The molecule has 0 unspecified atom stereocenters. The van der Waals surface area contributed by atoms with Crippen LogP contribution >= 0.6 is 0 Å². The number of esters is 1. The van der Waals surface area contributed by atoms with Gasteiger partial charge in [-0.15, -0.1) is 0 Å². The fourth-order valence-electron chi connectivity index (χ4n) is 1.08. The SMILES string of the molecule is [C-]#CCNc1ccc(C(=O)OCC)cc1.[Cu+]. The minimum absolute atomic E-state index is 0. The van der Waals surface area contributed by atoms with Crippen molar-refractivity contribution in [1.82, 2.24) is 0 Å². The van der Waals surface area contributed by atoms with Crippen molar-refractivity contribution in [3.8, 4) is 5.92 Å². The molecule has 0 bridgehead atoms. The van der Waals surface area contributed by atoms with Gasteiger partial charge in [0.15, 0.2) is 0 Å². The van der Waals surface area contributed by atoms with Crippen molar-refractivity contribution in [2.24, 2.45) is 0 Å². The molecule has 0 aliphatic carbocycles. The molecule has 0 saturated carbocycles. The molecule has 88 valence electrons. The van der Waals surface area contributed by atoms with Crippen molar-refractivity contribution in [3.05, 3.63) is 36.3 Å². The van der Waals surface area contributed by atoms with E-state index in [0.29, 0.717) is 18.7 Å². The average Bonchev–Trinajstić information content (AvgIpc) is 2.27. The molecule has 0 heterocycles. The number of benzene rings is 1. The predicted octanol–water partition coefficient (Wildman–Crippen LogP) is 1.86. The van der Waals surface area contributed by atoms with Crippen molar-refractivity contribution >= 4 is 11.7 Å². The molecule has 1 aromatic rings. The Morgan fingerprint density at radius 2 is 2.06 bits per heavy atom. The van der Waals surface area contributed by atoms with E-state index >= 15 is 0 Å². The molecule has 3 nitrogen and oxygen atoms in total. The Bertz CT molecular complexity index is 368. The van der Waals surface area contributed by atoms with E-state index in [1.807, 2.05) is 0 Å². The summed E-state index contributed by atoms with van der Waals surface area (Å²) in [5, 5.41) is 2.94. The molecular formula is C12H12CuNO2. The molecule has 0 aliphatic rings. The minimum Gasteiger partial charge on any atom is -0.692 e. The molecular weight excluding hydrogens is 254 g/mol. The number of carbonyl (C=O) groups is 1. The molecule has 1 N–H and O–H groups in total. The first-order valence-corrected chi connectivity index (χ1v) is 4.68. The molecule has 4 heteroatoms. The molecule has 0 atom stereocenters. The summed E-state index contributed by atoms with van der Waals surface area (Å²) in [5.74, 6) is 1.90. The summed E-state index contributed by atoms with van der Waals surface area (Å²) in [6.45, 7) is 2.51. The van der Waals surface area contributed by atoms with E-state index in [1.165, 1.54) is 0 Å². The van der Waals surface area contributed by atoms with Crippen molar-refractivity contribution in [1.29, 1.82) is 0 Å². The normalized spacial score (nSPS) is 8.50. The molecule has 0 saturated heterocycles. The third-order valence-corrected chi connectivity index (χ3v) is 1.78. The first-order valence-electron chi connectivity index (χ1n) is 4.68. The smallest absolute Gasteiger partial charge is 0.692 e. The van der Waals surface area contributed by atoms with Crippen LogP contribution in [0.25, 0.3) is 0 Å². The summed E-state index contributed by atoms with van der Waals surface area (Å²) in [7, 11) is 0. The summed E-state index contributed by atoms with van der Waals surface area (Å²) in [4.78, 5) is 11.3. The molecule has 1 rings (SSSR count). The fourth-order valence-corrected chi connectivity index (χ4v) is 1.08. The molecule has 0 aromatic heterocycles. The van der Waals surface area contributed by atoms with Gasteiger partial charge in [-0.2, -0.15) is 0 Å². The standard InChI is InChI=1S/C12H12NO2.Cu/c1-3-9-13-11-7-5-10(6-8-11)12(14)15-4-2;/h5-8,13H,4,9H2,2H3;/q-1;+1. The van der Waals surface area contributed by atoms with Gasteiger partial charge in [0.25, 0.3) is 0 Å². The maximum absolute atomic E-state index is 11.3. The molecule has 0 fully saturated rings. The van der Waals surface area contributed by atoms with Crippen LogP contribution < -0.4 is 5.32 Å². The monoisotopic (exact) mass is 265 g/mol. The molecule has 0 radical (unpaired) electrons. The summed E-state index contributed by atoms with van der Waals surface area (Å²) in [6.07, 6.45) is 6.73. The van der Waals surface area contributed by atoms with Gasteiger partial charge in [-0.05, 0) is 31.2 Å². The molecule has 0 spiro atoms. The van der Waals surface area contributed by atoms with Gasteiger partial charge in [0.05, 0.1) is 12.2 Å². The van der Waals surface area contributed by atoms with Crippen LogP contribution in [0.2, 0.25) is 0 Å². The van der Waals surface area contributed by atoms with Gasteiger partial charge < -0.3 is 22.4 Å². The number of hydrogen-bond acceptors (Lipinski definition) is 3. The first kappa shape index (κ1) is 14.6. The van der Waals surface area contributed by atoms with Crippen LogP contribution in [-0.2, 0) is 21.8 Å². The largest absolute Gasteiger partial charge is 1.00 e. The van der Waals surface area contributed by atoms with Gasteiger partial charge in [-0.25, -0.2) is 4.79 Å². The van der Waals surface area contributed by atoms with Crippen LogP contribution in [0.5, 0.6) is 0 Å². The second-order valence-corrected chi connectivity index (χ2v) is 2.83. The van der Waals surface area contributed by atoms with Crippen molar-refractivity contribution in [2.75, 3.05) is 18.5 Å². The topological polar surface area (TPSA) is 38.3 Å². The Morgan fingerprint density at radius 1 is 1.44 bits per heavy atom. The Hall–Kier alpha value is -1.43. The number of hydrogen-bond donors (Lipinski definition) is 1. The van der Waals surface area contributed by atoms with E-state index in [-0.39, 0.29) is 23.0 Å². The van der Waals surface area contributed by atoms with Crippen LogP contribution in [-0.4, -0.2) is 19.1 Å². The van der Waals surface area contributed by atoms with Crippen LogP contribution in [0, 0.1) is 12.3 Å². The third-order valence-electron chi connectivity index (χ3n) is 1.78. The zero-order chi connectivity index (χ0) is 11.1. The van der Waals surface area contributed by atoms with Gasteiger partial charge >= 0.3 is 23.0 Å². The zero-order valence-corrected chi connectivity index (χ0v) is 9.78. The second kappa shape index (κ2) is 7.81. The number of anilines is 1. The van der Waals surface area contributed by atoms with E-state index in [9.17, 15) is 4.79 Å². The maximum Gasteiger partial charge on any atom is 1.00 e. The minimum atomic E-state index is -0.317. The van der Waals surface area contributed by atoms with E-state index < -0.39 is 0 Å². The van der Waals surface area contributed by atoms with Gasteiger partial charge in [0, 0.05) is 12.2 Å². The molecule has 16 heavy (non-hydrogen) atoms. The van der Waals surface area contributed by atoms with E-state index in [2.05, 4.69) is 11.2 Å². The molecule has 0 aliphatic heterocycles. The summed E-state index contributed by atoms with van der Waals surface area (Å²) in [6, 6.07) is 6.90. The van der Waals surface area contributed by atoms with Crippen molar-refractivity contribution in [3.63, 3.8) is 0 Å². The first-order chi connectivity index (χ1) is 7.27. The Balaban J connectivity index is 0.00000225. The van der Waals surface area contributed by atoms with Crippen LogP contribution in [0.1, 0.15) is 17.3 Å². The van der Waals surface area contributed by atoms with Gasteiger partial charge in [0.1, 0.15) is 0 Å². The number of nitrogens with one attached hydrogen (secondary N) is 1. The van der Waals surface area contributed by atoms with Crippen molar-refractivity contribution in [2.45, 2.75) is 6.92 Å². The average molecular weight is 266 g/mol. The fraction of sp³-hybridized carbons (Fsp3) is 0.250. The van der Waals surface area contributed by atoms with Crippen LogP contribution in [0.15, 0.2) is 24.3 Å². The number of ether oxygens (including phenoxy) is 1.